The number of aromatic nitrogens is 3. The van der Waals surface area contributed by atoms with Crippen LogP contribution in [0.15, 0.2) is 36.5 Å². The smallest absolute Gasteiger partial charge is 0.270 e. The van der Waals surface area contributed by atoms with E-state index >= 15 is 0 Å². The van der Waals surface area contributed by atoms with Crippen LogP contribution in [0.5, 0.6) is 0 Å². The van der Waals surface area contributed by atoms with Gasteiger partial charge in [-0.2, -0.15) is 5.10 Å². The maximum Gasteiger partial charge on any atom is 0.270 e. The van der Waals surface area contributed by atoms with Gasteiger partial charge in [-0.05, 0) is 23.8 Å². The van der Waals surface area contributed by atoms with Crippen molar-refractivity contribution in [2.45, 2.75) is 13.2 Å². The fourth-order valence-electron chi connectivity index (χ4n) is 2.57. The van der Waals surface area contributed by atoms with Crippen LogP contribution in [-0.4, -0.2) is 33.5 Å². The predicted octanol–water partition coefficient (Wildman–Crippen LogP) is 1.04. The van der Waals surface area contributed by atoms with Gasteiger partial charge in [0.2, 0.25) is 0 Å². The molecule has 0 bridgehead atoms. The van der Waals surface area contributed by atoms with Gasteiger partial charge in [-0.15, -0.1) is 0 Å². The average Bonchev–Trinajstić information content (AvgIpc) is 2.98. The summed E-state index contributed by atoms with van der Waals surface area (Å²) < 4.78 is 19.5. The molecule has 0 aliphatic heterocycles. The van der Waals surface area contributed by atoms with Gasteiger partial charge in [0.15, 0.2) is 5.65 Å². The summed E-state index contributed by atoms with van der Waals surface area (Å²) in [6, 6.07) is 7.37. The van der Waals surface area contributed by atoms with Crippen LogP contribution in [0.1, 0.15) is 32.1 Å². The lowest BCUT2D eigenvalue weighted by Gasteiger charge is -2.07. The van der Waals surface area contributed by atoms with E-state index in [2.05, 4.69) is 15.4 Å². The highest BCUT2D eigenvalue weighted by atomic mass is 19.1. The van der Waals surface area contributed by atoms with E-state index in [1.807, 2.05) is 0 Å². The normalized spacial score (nSPS) is 10.8. The molecule has 8 nitrogen and oxygen atoms in total. The first-order chi connectivity index (χ1) is 12.5. The number of amides is 2. The van der Waals surface area contributed by atoms with E-state index in [4.69, 9.17) is 10.5 Å². The molecule has 3 N–H and O–H groups in total. The van der Waals surface area contributed by atoms with Crippen LogP contribution in [0.2, 0.25) is 0 Å². The average molecular weight is 357 g/mol. The topological polar surface area (TPSA) is 112 Å². The van der Waals surface area contributed by atoms with E-state index in [9.17, 15) is 14.0 Å². The number of primary amides is 1. The van der Waals surface area contributed by atoms with Crippen LogP contribution in [0, 0.1) is 5.82 Å². The zero-order valence-electron chi connectivity index (χ0n) is 13.9. The molecule has 0 spiro atoms. The van der Waals surface area contributed by atoms with Crippen LogP contribution < -0.4 is 11.1 Å². The molecule has 0 fully saturated rings. The molecular weight excluding hydrogens is 341 g/mol. The fraction of sp³-hybridized carbons (Fsp3) is 0.176. The molecule has 0 unspecified atom stereocenters. The maximum absolute atomic E-state index is 13.2. The Kier molecular flexibility index (Phi) is 4.90. The lowest BCUT2D eigenvalue weighted by molar-refractivity contribution is 0.0941. The van der Waals surface area contributed by atoms with Crippen LogP contribution in [0.3, 0.4) is 0 Å². The highest BCUT2D eigenvalue weighted by Gasteiger charge is 2.22. The second-order valence-corrected chi connectivity index (χ2v) is 5.50. The summed E-state index contributed by atoms with van der Waals surface area (Å²) in [6.07, 6.45) is 1.39. The summed E-state index contributed by atoms with van der Waals surface area (Å²) in [5, 5.41) is 6.90. The van der Waals surface area contributed by atoms with Crippen molar-refractivity contribution >= 4 is 17.5 Å². The molecular formula is C17H16FN5O3. The number of nitrogens with one attached hydrogen (secondary N) is 1. The third-order valence-corrected chi connectivity index (χ3v) is 3.69. The Balaban J connectivity index is 1.93. The van der Waals surface area contributed by atoms with Gasteiger partial charge >= 0.3 is 0 Å². The van der Waals surface area contributed by atoms with Crippen molar-refractivity contribution < 1.29 is 18.7 Å². The summed E-state index contributed by atoms with van der Waals surface area (Å²) in [5.74, 6) is -1.55. The summed E-state index contributed by atoms with van der Waals surface area (Å²) in [6.45, 7) is 0.182. The minimum Gasteiger partial charge on any atom is -0.378 e. The minimum absolute atomic E-state index is 0.0476. The Morgan fingerprint density at radius 1 is 1.35 bits per heavy atom. The van der Waals surface area contributed by atoms with E-state index in [1.165, 1.54) is 36.0 Å². The number of hydrogen-bond acceptors (Lipinski definition) is 5. The van der Waals surface area contributed by atoms with Crippen molar-refractivity contribution in [1.29, 1.82) is 0 Å². The molecule has 2 heterocycles. The second kappa shape index (κ2) is 7.28. The van der Waals surface area contributed by atoms with Crippen molar-refractivity contribution in [3.05, 3.63) is 64.9 Å². The molecule has 0 saturated heterocycles. The first-order valence-electron chi connectivity index (χ1n) is 7.69. The number of fused-ring (bicyclic) bond motifs is 1. The molecule has 9 heteroatoms. The number of nitrogens with two attached hydrogens (primary N) is 1. The standard InChI is InChI=1S/C17H16FN5O3/c1-26-9-12-14(15(19)24)16-20-6-5-13(23(16)22-12)17(25)21-8-10-3-2-4-11(18)7-10/h2-7H,8-9H2,1H3,(H2,19,24)(H,21,25). The number of ether oxygens (including phenoxy) is 1. The third-order valence-electron chi connectivity index (χ3n) is 3.69. The number of carbonyl (C=O) groups is 2. The number of benzene rings is 1. The lowest BCUT2D eigenvalue weighted by Crippen LogP contribution is -2.25. The zero-order valence-corrected chi connectivity index (χ0v) is 13.9. The molecule has 26 heavy (non-hydrogen) atoms. The molecule has 2 aromatic heterocycles. The molecule has 3 rings (SSSR count). The van der Waals surface area contributed by atoms with Crippen molar-refractivity contribution in [1.82, 2.24) is 19.9 Å². The van der Waals surface area contributed by atoms with E-state index < -0.39 is 11.8 Å². The number of nitrogens with zero attached hydrogens (tertiary/aromatic N) is 3. The molecule has 3 aromatic rings. The number of hydrogen-bond donors (Lipinski definition) is 2. The number of rotatable bonds is 6. The van der Waals surface area contributed by atoms with E-state index in [1.54, 1.807) is 12.1 Å². The minimum atomic E-state index is -0.711. The summed E-state index contributed by atoms with van der Waals surface area (Å²) in [4.78, 5) is 28.3. The van der Waals surface area contributed by atoms with Crippen molar-refractivity contribution in [2.24, 2.45) is 5.73 Å². The van der Waals surface area contributed by atoms with Gasteiger partial charge in [0.1, 0.15) is 22.8 Å². The quantitative estimate of drug-likeness (QED) is 0.685. The monoisotopic (exact) mass is 357 g/mol. The Morgan fingerprint density at radius 2 is 2.15 bits per heavy atom. The van der Waals surface area contributed by atoms with Crippen LogP contribution in [0.25, 0.3) is 5.65 Å². The highest BCUT2D eigenvalue weighted by Crippen LogP contribution is 2.16. The second-order valence-electron chi connectivity index (χ2n) is 5.50. The van der Waals surface area contributed by atoms with Crippen LogP contribution in [-0.2, 0) is 17.9 Å². The lowest BCUT2D eigenvalue weighted by atomic mass is 10.2. The Labute approximate surface area is 147 Å². The molecule has 1 aromatic carbocycles. The van der Waals surface area contributed by atoms with E-state index in [0.29, 0.717) is 5.56 Å². The van der Waals surface area contributed by atoms with E-state index in [0.717, 1.165) is 0 Å². The number of halogens is 1. The highest BCUT2D eigenvalue weighted by molar-refractivity contribution is 6.01. The van der Waals surface area contributed by atoms with Crippen molar-refractivity contribution in [2.75, 3.05) is 7.11 Å². The van der Waals surface area contributed by atoms with Gasteiger partial charge in [0.05, 0.1) is 6.61 Å². The molecule has 0 radical (unpaired) electrons. The van der Waals surface area contributed by atoms with Crippen molar-refractivity contribution in [3.8, 4) is 0 Å². The maximum atomic E-state index is 13.2. The SMILES string of the molecule is COCc1nn2c(C(=O)NCc3cccc(F)c3)ccnc2c1C(N)=O. The van der Waals surface area contributed by atoms with Gasteiger partial charge < -0.3 is 15.8 Å². The summed E-state index contributed by atoms with van der Waals surface area (Å²) >= 11 is 0. The largest absolute Gasteiger partial charge is 0.378 e. The van der Waals surface area contributed by atoms with E-state index in [-0.39, 0.29) is 41.6 Å². The fourth-order valence-corrected chi connectivity index (χ4v) is 2.57. The molecule has 0 atom stereocenters. The molecule has 2 amide bonds. The Morgan fingerprint density at radius 3 is 2.85 bits per heavy atom. The Hall–Kier alpha value is -3.33. The molecule has 0 aliphatic carbocycles. The van der Waals surface area contributed by atoms with Crippen LogP contribution >= 0.6 is 0 Å². The van der Waals surface area contributed by atoms with Gasteiger partial charge in [0, 0.05) is 19.9 Å². The first-order valence-corrected chi connectivity index (χ1v) is 7.69. The third kappa shape index (κ3) is 3.38. The molecule has 134 valence electrons. The molecule has 0 aliphatic rings. The first kappa shape index (κ1) is 17.5. The van der Waals surface area contributed by atoms with Crippen LogP contribution in [0.4, 0.5) is 4.39 Å². The van der Waals surface area contributed by atoms with Gasteiger partial charge in [-0.25, -0.2) is 13.9 Å². The van der Waals surface area contributed by atoms with Gasteiger partial charge in [0.25, 0.3) is 11.8 Å². The number of carbonyl (C=O) groups excluding carboxylic acids is 2. The zero-order chi connectivity index (χ0) is 18.7. The van der Waals surface area contributed by atoms with Crippen molar-refractivity contribution in [3.63, 3.8) is 0 Å². The summed E-state index contributed by atoms with van der Waals surface area (Å²) in [5.41, 5.74) is 6.75. The van der Waals surface area contributed by atoms with Gasteiger partial charge in [-0.3, -0.25) is 9.59 Å². The van der Waals surface area contributed by atoms with Gasteiger partial charge in [-0.1, -0.05) is 12.1 Å². The summed E-state index contributed by atoms with van der Waals surface area (Å²) in [7, 11) is 1.45. The number of methoxy groups -OCH3 is 1. The Bertz CT molecular complexity index is 986. The predicted molar refractivity (Wildman–Crippen MR) is 89.8 cm³/mol. The molecule has 0 saturated carbocycles.